The number of nitrogens with zero attached hydrogens (tertiary/aromatic N) is 2. The zero-order valence-corrected chi connectivity index (χ0v) is 16.3. The molecule has 146 valence electrons. The maximum absolute atomic E-state index is 12.9. The van der Waals surface area contributed by atoms with Crippen LogP contribution in [0, 0.1) is 5.92 Å². The molecule has 2 aliphatic heterocycles. The molecule has 1 atom stereocenters. The summed E-state index contributed by atoms with van der Waals surface area (Å²) in [6, 6.07) is 5.18. The SMILES string of the molecule is CCC1Oc2ccc(C(=O)C3CCN(C(=O)c4cscn4)CC3)cc2NC1=O. The summed E-state index contributed by atoms with van der Waals surface area (Å²) < 4.78 is 5.68. The van der Waals surface area contributed by atoms with E-state index in [-0.39, 0.29) is 23.5 Å². The van der Waals surface area contributed by atoms with Crippen LogP contribution in [-0.4, -0.2) is 46.7 Å². The molecule has 1 N–H and O–H groups in total. The van der Waals surface area contributed by atoms with Crippen LogP contribution in [0.25, 0.3) is 0 Å². The van der Waals surface area contributed by atoms with E-state index >= 15 is 0 Å². The molecule has 0 spiro atoms. The fraction of sp³-hybridized carbons (Fsp3) is 0.400. The average molecular weight is 399 g/mol. The van der Waals surface area contributed by atoms with Gasteiger partial charge in [0.05, 0.1) is 11.2 Å². The van der Waals surface area contributed by atoms with Crippen molar-refractivity contribution in [2.75, 3.05) is 18.4 Å². The first-order valence-corrected chi connectivity index (χ1v) is 10.3. The van der Waals surface area contributed by atoms with Gasteiger partial charge in [-0.1, -0.05) is 6.92 Å². The number of nitrogens with one attached hydrogen (secondary N) is 1. The van der Waals surface area contributed by atoms with Gasteiger partial charge < -0.3 is 15.0 Å². The fourth-order valence-electron chi connectivity index (χ4n) is 3.63. The van der Waals surface area contributed by atoms with Crippen molar-refractivity contribution in [1.29, 1.82) is 0 Å². The number of ether oxygens (including phenoxy) is 1. The average Bonchev–Trinajstić information content (AvgIpc) is 3.27. The van der Waals surface area contributed by atoms with E-state index in [1.165, 1.54) is 11.3 Å². The van der Waals surface area contributed by atoms with Crippen LogP contribution in [0.2, 0.25) is 0 Å². The Bertz CT molecular complexity index is 904. The minimum atomic E-state index is -0.492. The maximum Gasteiger partial charge on any atom is 0.273 e. The zero-order valence-electron chi connectivity index (χ0n) is 15.5. The number of hydrogen-bond acceptors (Lipinski definition) is 6. The summed E-state index contributed by atoms with van der Waals surface area (Å²) in [7, 11) is 0. The number of carbonyl (C=O) groups excluding carboxylic acids is 3. The first-order chi connectivity index (χ1) is 13.6. The number of hydrogen-bond donors (Lipinski definition) is 1. The Balaban J connectivity index is 1.41. The van der Waals surface area contributed by atoms with E-state index in [2.05, 4.69) is 10.3 Å². The quantitative estimate of drug-likeness (QED) is 0.799. The molecule has 1 aromatic heterocycles. The number of thiazole rings is 1. The molecule has 0 radical (unpaired) electrons. The molecule has 1 fully saturated rings. The third kappa shape index (κ3) is 3.52. The third-order valence-electron chi connectivity index (χ3n) is 5.26. The van der Waals surface area contributed by atoms with Crippen LogP contribution in [0.1, 0.15) is 47.0 Å². The lowest BCUT2D eigenvalue weighted by molar-refractivity contribution is -0.123. The molecule has 1 aromatic carbocycles. The van der Waals surface area contributed by atoms with E-state index < -0.39 is 6.10 Å². The highest BCUT2D eigenvalue weighted by Crippen LogP contribution is 2.33. The van der Waals surface area contributed by atoms with Gasteiger partial charge in [0.2, 0.25) is 0 Å². The summed E-state index contributed by atoms with van der Waals surface area (Å²) in [4.78, 5) is 43.1. The van der Waals surface area contributed by atoms with Gasteiger partial charge in [0.25, 0.3) is 11.8 Å². The number of rotatable bonds is 4. The van der Waals surface area contributed by atoms with Gasteiger partial charge in [0.15, 0.2) is 11.9 Å². The van der Waals surface area contributed by atoms with Crippen molar-refractivity contribution >= 4 is 34.6 Å². The molecule has 0 saturated carbocycles. The Morgan fingerprint density at radius 1 is 1.32 bits per heavy atom. The van der Waals surface area contributed by atoms with Crippen molar-refractivity contribution in [3.8, 4) is 5.75 Å². The zero-order chi connectivity index (χ0) is 19.7. The number of likely N-dealkylation sites (tertiary alicyclic amines) is 1. The van der Waals surface area contributed by atoms with Crippen LogP contribution in [0.4, 0.5) is 5.69 Å². The van der Waals surface area contributed by atoms with Gasteiger partial charge in [0.1, 0.15) is 11.4 Å². The molecule has 28 heavy (non-hydrogen) atoms. The Morgan fingerprint density at radius 3 is 2.79 bits per heavy atom. The van der Waals surface area contributed by atoms with E-state index in [1.54, 1.807) is 34.0 Å². The second kappa shape index (κ2) is 7.71. The van der Waals surface area contributed by atoms with Crippen molar-refractivity contribution in [3.63, 3.8) is 0 Å². The van der Waals surface area contributed by atoms with Crippen molar-refractivity contribution in [1.82, 2.24) is 9.88 Å². The van der Waals surface area contributed by atoms with Crippen LogP contribution in [0.5, 0.6) is 5.75 Å². The normalized spacial score (nSPS) is 19.5. The number of fused-ring (bicyclic) bond motifs is 1. The Labute approximate surface area is 166 Å². The number of Topliss-reactive ketones (excluding diaryl/α,β-unsaturated/α-hetero) is 1. The number of amides is 2. The van der Waals surface area contributed by atoms with Gasteiger partial charge in [-0.15, -0.1) is 11.3 Å². The van der Waals surface area contributed by atoms with Crippen molar-refractivity contribution in [2.24, 2.45) is 5.92 Å². The summed E-state index contributed by atoms with van der Waals surface area (Å²) in [6.07, 6.45) is 1.33. The smallest absolute Gasteiger partial charge is 0.273 e. The molecule has 8 heteroatoms. The molecule has 7 nitrogen and oxygen atoms in total. The minimum Gasteiger partial charge on any atom is -0.478 e. The summed E-state index contributed by atoms with van der Waals surface area (Å²) in [5, 5.41) is 4.56. The largest absolute Gasteiger partial charge is 0.478 e. The number of carbonyl (C=O) groups is 3. The van der Waals surface area contributed by atoms with Gasteiger partial charge in [-0.3, -0.25) is 14.4 Å². The number of anilines is 1. The Hall–Kier alpha value is -2.74. The first kappa shape index (κ1) is 18.6. The first-order valence-electron chi connectivity index (χ1n) is 9.40. The molecule has 2 amide bonds. The highest BCUT2D eigenvalue weighted by molar-refractivity contribution is 7.07. The molecular weight excluding hydrogens is 378 g/mol. The van der Waals surface area contributed by atoms with E-state index in [4.69, 9.17) is 4.74 Å². The number of aromatic nitrogens is 1. The molecule has 1 unspecified atom stereocenters. The minimum absolute atomic E-state index is 0.0374. The van der Waals surface area contributed by atoms with E-state index in [9.17, 15) is 14.4 Å². The summed E-state index contributed by atoms with van der Waals surface area (Å²) in [5.41, 5.74) is 3.20. The molecule has 0 bridgehead atoms. The second-order valence-corrected chi connectivity index (χ2v) is 7.74. The van der Waals surface area contributed by atoms with E-state index in [1.807, 2.05) is 6.92 Å². The fourth-order valence-corrected chi connectivity index (χ4v) is 4.16. The van der Waals surface area contributed by atoms with Gasteiger partial charge in [-0.2, -0.15) is 0 Å². The van der Waals surface area contributed by atoms with Gasteiger partial charge in [-0.25, -0.2) is 4.98 Å². The molecular formula is C20H21N3O4S. The number of piperidine rings is 1. The predicted molar refractivity (Wildman–Crippen MR) is 105 cm³/mol. The molecule has 3 heterocycles. The summed E-state index contributed by atoms with van der Waals surface area (Å²) >= 11 is 1.39. The van der Waals surface area contributed by atoms with Crippen LogP contribution in [-0.2, 0) is 4.79 Å². The van der Waals surface area contributed by atoms with E-state index in [0.29, 0.717) is 55.0 Å². The molecule has 2 aromatic rings. The van der Waals surface area contributed by atoms with Gasteiger partial charge in [0, 0.05) is 30.0 Å². The van der Waals surface area contributed by atoms with Gasteiger partial charge in [-0.05, 0) is 37.5 Å². The predicted octanol–water partition coefficient (Wildman–Crippen LogP) is 2.99. The lowest BCUT2D eigenvalue weighted by Gasteiger charge is -2.31. The van der Waals surface area contributed by atoms with Crippen molar-refractivity contribution < 1.29 is 19.1 Å². The Kier molecular flexibility index (Phi) is 5.13. The number of ketones is 1. The number of benzene rings is 1. The molecule has 4 rings (SSSR count). The van der Waals surface area contributed by atoms with Gasteiger partial charge >= 0.3 is 0 Å². The monoisotopic (exact) mass is 399 g/mol. The topological polar surface area (TPSA) is 88.6 Å². The van der Waals surface area contributed by atoms with Crippen molar-refractivity contribution in [3.05, 3.63) is 40.3 Å². The van der Waals surface area contributed by atoms with E-state index in [0.717, 1.165) is 0 Å². The molecule has 0 aliphatic carbocycles. The highest BCUT2D eigenvalue weighted by Gasteiger charge is 2.31. The maximum atomic E-state index is 12.9. The summed E-state index contributed by atoms with van der Waals surface area (Å²) in [5.74, 6) is 0.225. The van der Waals surface area contributed by atoms with Crippen LogP contribution in [0.3, 0.4) is 0 Å². The van der Waals surface area contributed by atoms with Crippen LogP contribution >= 0.6 is 11.3 Å². The van der Waals surface area contributed by atoms with Crippen molar-refractivity contribution in [2.45, 2.75) is 32.3 Å². The van der Waals surface area contributed by atoms with Crippen LogP contribution < -0.4 is 10.1 Å². The second-order valence-electron chi connectivity index (χ2n) is 7.02. The summed E-state index contributed by atoms with van der Waals surface area (Å²) in [6.45, 7) is 2.96. The lowest BCUT2D eigenvalue weighted by atomic mass is 9.88. The highest BCUT2D eigenvalue weighted by atomic mass is 32.1. The lowest BCUT2D eigenvalue weighted by Crippen LogP contribution is -2.40. The molecule has 2 aliphatic rings. The third-order valence-corrected chi connectivity index (χ3v) is 5.85. The Morgan fingerprint density at radius 2 is 2.11 bits per heavy atom. The standard InChI is InChI=1S/C20H21N3O4S/c1-2-16-19(25)22-14-9-13(3-4-17(14)27-16)18(24)12-5-7-23(8-6-12)20(26)15-10-28-11-21-15/h3-4,9-12,16H,2,5-8H2,1H3,(H,22,25). The molecule has 1 saturated heterocycles. The van der Waals surface area contributed by atoms with Crippen LogP contribution in [0.15, 0.2) is 29.1 Å².